The van der Waals surface area contributed by atoms with E-state index < -0.39 is 0 Å². The summed E-state index contributed by atoms with van der Waals surface area (Å²) in [6.07, 6.45) is 13.4. The summed E-state index contributed by atoms with van der Waals surface area (Å²) in [7, 11) is 0. The van der Waals surface area contributed by atoms with Gasteiger partial charge in [-0.15, -0.1) is 11.3 Å². The fraction of sp³-hybridized carbons (Fsp3) is 0.478. The topological polar surface area (TPSA) is 78.3 Å². The van der Waals surface area contributed by atoms with Crippen LogP contribution in [0.2, 0.25) is 0 Å². The molecule has 1 spiro atoms. The van der Waals surface area contributed by atoms with E-state index in [2.05, 4.69) is 37.8 Å². The van der Waals surface area contributed by atoms with E-state index in [0.29, 0.717) is 5.95 Å². The Kier molecular flexibility index (Phi) is 4.84. The van der Waals surface area contributed by atoms with E-state index in [9.17, 15) is 0 Å². The third-order valence-corrected chi connectivity index (χ3v) is 7.94. The number of piperazine rings is 1. The lowest BCUT2D eigenvalue weighted by molar-refractivity contribution is 0.304. The first-order valence-corrected chi connectivity index (χ1v) is 12.1. The number of thiophene rings is 1. The molecule has 0 amide bonds. The quantitative estimate of drug-likeness (QED) is 0.631. The fourth-order valence-electron chi connectivity index (χ4n) is 5.28. The summed E-state index contributed by atoms with van der Waals surface area (Å²) in [5.74, 6) is 1.38. The maximum Gasteiger partial charge on any atom is 0.228 e. The second-order valence-corrected chi connectivity index (χ2v) is 9.84. The molecule has 2 N–H and O–H groups in total. The first-order valence-electron chi connectivity index (χ1n) is 11.3. The second-order valence-electron chi connectivity index (χ2n) is 8.81. The molecule has 0 radical (unpaired) electrons. The summed E-state index contributed by atoms with van der Waals surface area (Å²) in [6, 6.07) is 4.14. The molecule has 8 heteroatoms. The van der Waals surface area contributed by atoms with Crippen LogP contribution in [0.25, 0.3) is 10.2 Å². The van der Waals surface area contributed by atoms with E-state index in [1.807, 2.05) is 18.5 Å². The Labute approximate surface area is 186 Å². The van der Waals surface area contributed by atoms with Crippen LogP contribution in [-0.2, 0) is 5.41 Å². The molecule has 5 heterocycles. The van der Waals surface area contributed by atoms with Crippen LogP contribution in [-0.4, -0.2) is 47.3 Å². The van der Waals surface area contributed by atoms with Crippen molar-refractivity contribution in [1.29, 1.82) is 0 Å². The van der Waals surface area contributed by atoms with Gasteiger partial charge in [0.25, 0.3) is 0 Å². The van der Waals surface area contributed by atoms with Crippen LogP contribution in [0.15, 0.2) is 29.5 Å². The Morgan fingerprint density at radius 1 is 1.03 bits per heavy atom. The van der Waals surface area contributed by atoms with E-state index in [1.54, 1.807) is 11.3 Å². The van der Waals surface area contributed by atoms with Crippen LogP contribution in [0.3, 0.4) is 0 Å². The molecule has 0 bridgehead atoms. The predicted octanol–water partition coefficient (Wildman–Crippen LogP) is 4.55. The lowest BCUT2D eigenvalue weighted by Crippen LogP contribution is -2.43. The van der Waals surface area contributed by atoms with Gasteiger partial charge in [0.2, 0.25) is 5.95 Å². The third-order valence-electron chi connectivity index (χ3n) is 6.91. The molecule has 6 rings (SSSR count). The molecular formula is C23H27N7S. The molecule has 2 aliphatic heterocycles. The number of pyridine rings is 1. The maximum atomic E-state index is 4.96. The van der Waals surface area contributed by atoms with Crippen molar-refractivity contribution in [3.8, 4) is 0 Å². The number of aromatic nitrogens is 3. The Hall–Kier alpha value is -2.58. The number of hydrogen-bond donors (Lipinski definition) is 2. The van der Waals surface area contributed by atoms with Gasteiger partial charge in [-0.25, -0.2) is 19.9 Å². The van der Waals surface area contributed by atoms with Crippen LogP contribution >= 0.6 is 11.3 Å². The highest BCUT2D eigenvalue weighted by molar-refractivity contribution is 7.22. The van der Waals surface area contributed by atoms with Gasteiger partial charge in [0.15, 0.2) is 0 Å². The molecule has 160 valence electrons. The van der Waals surface area contributed by atoms with Gasteiger partial charge in [0.05, 0.1) is 28.3 Å². The summed E-state index contributed by atoms with van der Waals surface area (Å²) >= 11 is 1.72. The van der Waals surface area contributed by atoms with Crippen LogP contribution in [0.4, 0.5) is 22.5 Å². The Balaban J connectivity index is 1.29. The predicted molar refractivity (Wildman–Crippen MR) is 128 cm³/mol. The largest absolute Gasteiger partial charge is 0.368 e. The van der Waals surface area contributed by atoms with Gasteiger partial charge in [-0.2, -0.15) is 0 Å². The Morgan fingerprint density at radius 3 is 2.71 bits per heavy atom. The van der Waals surface area contributed by atoms with Gasteiger partial charge < -0.3 is 15.5 Å². The van der Waals surface area contributed by atoms with Crippen molar-refractivity contribution in [2.24, 2.45) is 4.99 Å². The van der Waals surface area contributed by atoms with Gasteiger partial charge in [0.1, 0.15) is 10.8 Å². The van der Waals surface area contributed by atoms with Gasteiger partial charge in [-0.1, -0.05) is 19.3 Å². The Morgan fingerprint density at radius 2 is 1.90 bits per heavy atom. The average molecular weight is 434 g/mol. The molecule has 31 heavy (non-hydrogen) atoms. The first kappa shape index (κ1) is 19.1. The highest BCUT2D eigenvalue weighted by atomic mass is 32.1. The summed E-state index contributed by atoms with van der Waals surface area (Å²) in [6.45, 7) is 4.07. The normalized spacial score (nSPS) is 20.2. The van der Waals surface area contributed by atoms with E-state index in [4.69, 9.17) is 9.98 Å². The van der Waals surface area contributed by atoms with Crippen LogP contribution < -0.4 is 15.5 Å². The van der Waals surface area contributed by atoms with Gasteiger partial charge in [-0.05, 0) is 31.4 Å². The fourth-order valence-corrected chi connectivity index (χ4v) is 6.38. The van der Waals surface area contributed by atoms with Crippen molar-refractivity contribution in [3.63, 3.8) is 0 Å². The number of aliphatic imine (C=N–C) groups is 1. The summed E-state index contributed by atoms with van der Waals surface area (Å²) < 4.78 is 1.13. The zero-order valence-electron chi connectivity index (χ0n) is 17.6. The molecule has 0 unspecified atom stereocenters. The maximum absolute atomic E-state index is 4.96. The molecule has 1 saturated carbocycles. The third kappa shape index (κ3) is 3.47. The van der Waals surface area contributed by atoms with Crippen LogP contribution in [0.5, 0.6) is 0 Å². The van der Waals surface area contributed by atoms with Crippen molar-refractivity contribution in [1.82, 2.24) is 20.3 Å². The lowest BCUT2D eigenvalue weighted by Gasteiger charge is -2.38. The standard InChI is InChI=1S/C23H27N7S/c1-2-6-23(7-3-1)8-9-25-21-19(23)20-17(31-21)15-27-22(29-20)28-18-5-4-16(14-26-18)30-12-10-24-11-13-30/h4-5,9,14-15,24H,1-3,6-8,10-13H2,(H,26,27,28,29). The number of nitrogens with zero attached hydrogens (tertiary/aromatic N) is 5. The van der Waals surface area contributed by atoms with E-state index >= 15 is 0 Å². The molecule has 1 aliphatic carbocycles. The zero-order chi connectivity index (χ0) is 20.7. The van der Waals surface area contributed by atoms with Crippen LogP contribution in [0, 0.1) is 0 Å². The van der Waals surface area contributed by atoms with Crippen LogP contribution in [0.1, 0.15) is 44.1 Å². The molecule has 3 aromatic heterocycles. The van der Waals surface area contributed by atoms with Gasteiger partial charge in [0, 0.05) is 43.4 Å². The minimum Gasteiger partial charge on any atom is -0.368 e. The SMILES string of the molecule is C1=Nc2sc3cnc(Nc4ccc(N5CCNCC5)cn4)nc3c2C2(C1)CCCCC2. The molecule has 3 aliphatic rings. The van der Waals surface area contributed by atoms with E-state index in [-0.39, 0.29) is 5.41 Å². The van der Waals surface area contributed by atoms with Gasteiger partial charge >= 0.3 is 0 Å². The number of rotatable bonds is 3. The van der Waals surface area contributed by atoms with Gasteiger partial charge in [-0.3, -0.25) is 0 Å². The van der Waals surface area contributed by atoms with E-state index in [0.717, 1.165) is 59.3 Å². The molecular weight excluding hydrogens is 406 g/mol. The minimum absolute atomic E-state index is 0.211. The molecule has 7 nitrogen and oxygen atoms in total. The Bertz CT molecular complexity index is 1110. The number of nitrogens with one attached hydrogen (secondary N) is 2. The average Bonchev–Trinajstić information content (AvgIpc) is 3.20. The highest BCUT2D eigenvalue weighted by Crippen LogP contribution is 2.53. The number of anilines is 3. The van der Waals surface area contributed by atoms with E-state index in [1.165, 1.54) is 37.7 Å². The highest BCUT2D eigenvalue weighted by Gasteiger charge is 2.40. The summed E-state index contributed by atoms with van der Waals surface area (Å²) in [5, 5.41) is 7.83. The van der Waals surface area contributed by atoms with Crippen molar-refractivity contribution in [2.75, 3.05) is 36.4 Å². The van der Waals surface area contributed by atoms with Crippen molar-refractivity contribution in [3.05, 3.63) is 30.1 Å². The molecule has 1 saturated heterocycles. The molecule has 2 fully saturated rings. The molecule has 0 aromatic carbocycles. The van der Waals surface area contributed by atoms with Crippen molar-refractivity contribution < 1.29 is 0 Å². The van der Waals surface area contributed by atoms with Crippen molar-refractivity contribution in [2.45, 2.75) is 43.9 Å². The minimum atomic E-state index is 0.211. The molecule has 0 atom stereocenters. The number of fused-ring (bicyclic) bond motifs is 4. The molecule has 3 aromatic rings. The summed E-state index contributed by atoms with van der Waals surface area (Å²) in [4.78, 5) is 21.2. The first-order chi connectivity index (χ1) is 15.3. The number of hydrogen-bond acceptors (Lipinski definition) is 8. The summed E-state index contributed by atoms with van der Waals surface area (Å²) in [5.41, 5.74) is 3.81. The second kappa shape index (κ2) is 7.84. The monoisotopic (exact) mass is 433 g/mol. The van der Waals surface area contributed by atoms with Crippen molar-refractivity contribution >= 4 is 50.2 Å². The zero-order valence-corrected chi connectivity index (χ0v) is 18.4. The smallest absolute Gasteiger partial charge is 0.228 e. The lowest BCUT2D eigenvalue weighted by atomic mass is 9.67.